The molecule has 7 nitrogen and oxygen atoms in total. The highest BCUT2D eigenvalue weighted by molar-refractivity contribution is 5.87. The van der Waals surface area contributed by atoms with Gasteiger partial charge in [0, 0.05) is 24.9 Å². The van der Waals surface area contributed by atoms with Gasteiger partial charge in [-0.2, -0.15) is 5.10 Å². The molecule has 3 rings (SSSR count). The Morgan fingerprint density at radius 3 is 2.79 bits per heavy atom. The Bertz CT molecular complexity index is 809. The Labute approximate surface area is 139 Å². The fourth-order valence-electron chi connectivity index (χ4n) is 2.32. The van der Waals surface area contributed by atoms with Crippen LogP contribution in [0.1, 0.15) is 16.9 Å². The van der Waals surface area contributed by atoms with Crippen LogP contribution in [0.15, 0.2) is 53.3 Å². The molecule has 1 N–H and O–H groups in total. The standard InChI is InChI=1S/C17H19N5O2/c1-13-8-16(20-24-13)19-17(23)21(2)10-15-9-18-22(12-15)11-14-6-4-3-5-7-14/h3-9,12H,10-11H2,1-2H3,(H,19,20,23). The molecule has 0 saturated carbocycles. The summed E-state index contributed by atoms with van der Waals surface area (Å²) in [5.74, 6) is 1.05. The number of nitrogens with zero attached hydrogens (tertiary/aromatic N) is 4. The molecule has 2 aromatic heterocycles. The summed E-state index contributed by atoms with van der Waals surface area (Å²) in [5, 5.41) is 10.8. The van der Waals surface area contributed by atoms with Gasteiger partial charge in [-0.25, -0.2) is 4.79 Å². The van der Waals surface area contributed by atoms with Gasteiger partial charge >= 0.3 is 6.03 Å². The quantitative estimate of drug-likeness (QED) is 0.782. The number of amides is 2. The maximum Gasteiger partial charge on any atom is 0.323 e. The van der Waals surface area contributed by atoms with Crippen molar-refractivity contribution in [3.63, 3.8) is 0 Å². The molecule has 3 aromatic rings. The first-order chi connectivity index (χ1) is 11.6. The summed E-state index contributed by atoms with van der Waals surface area (Å²) in [6.07, 6.45) is 3.71. The van der Waals surface area contributed by atoms with Crippen LogP contribution < -0.4 is 5.32 Å². The van der Waals surface area contributed by atoms with Gasteiger partial charge in [0.15, 0.2) is 5.82 Å². The van der Waals surface area contributed by atoms with Crippen LogP contribution in [0.2, 0.25) is 0 Å². The zero-order chi connectivity index (χ0) is 16.9. The number of hydrogen-bond donors (Lipinski definition) is 1. The van der Waals surface area contributed by atoms with E-state index in [1.807, 2.05) is 29.1 Å². The summed E-state index contributed by atoms with van der Waals surface area (Å²) in [4.78, 5) is 13.7. The van der Waals surface area contributed by atoms with Crippen molar-refractivity contribution in [1.29, 1.82) is 0 Å². The van der Waals surface area contributed by atoms with Gasteiger partial charge in [0.2, 0.25) is 0 Å². The van der Waals surface area contributed by atoms with Crippen LogP contribution in [0.5, 0.6) is 0 Å². The van der Waals surface area contributed by atoms with Crippen molar-refractivity contribution in [1.82, 2.24) is 19.8 Å². The maximum absolute atomic E-state index is 12.1. The summed E-state index contributed by atoms with van der Waals surface area (Å²) < 4.78 is 6.79. The van der Waals surface area contributed by atoms with Gasteiger partial charge in [-0.05, 0) is 12.5 Å². The number of hydrogen-bond acceptors (Lipinski definition) is 4. The minimum atomic E-state index is -0.251. The second-order valence-electron chi connectivity index (χ2n) is 5.64. The molecule has 1 aromatic carbocycles. The number of rotatable bonds is 5. The van der Waals surface area contributed by atoms with Gasteiger partial charge in [-0.15, -0.1) is 0 Å². The molecule has 0 saturated heterocycles. The molecule has 0 aliphatic rings. The van der Waals surface area contributed by atoms with Crippen LogP contribution in [-0.4, -0.2) is 32.9 Å². The zero-order valence-electron chi connectivity index (χ0n) is 13.6. The molecule has 2 amide bonds. The van der Waals surface area contributed by atoms with Crippen LogP contribution in [0.3, 0.4) is 0 Å². The topological polar surface area (TPSA) is 76.2 Å². The summed E-state index contributed by atoms with van der Waals surface area (Å²) in [5.41, 5.74) is 2.14. The summed E-state index contributed by atoms with van der Waals surface area (Å²) >= 11 is 0. The lowest BCUT2D eigenvalue weighted by Gasteiger charge is -2.15. The molecule has 0 fully saturated rings. The van der Waals surface area contributed by atoms with Crippen LogP contribution >= 0.6 is 0 Å². The summed E-state index contributed by atoms with van der Waals surface area (Å²) in [6.45, 7) is 2.93. The molecule has 0 bridgehead atoms. The van der Waals surface area contributed by atoms with E-state index in [1.165, 1.54) is 5.56 Å². The summed E-state index contributed by atoms with van der Waals surface area (Å²) in [7, 11) is 1.72. The third-order valence-electron chi connectivity index (χ3n) is 3.50. The first-order valence-electron chi connectivity index (χ1n) is 7.61. The lowest BCUT2D eigenvalue weighted by molar-refractivity contribution is 0.220. The molecule has 2 heterocycles. The van der Waals surface area contributed by atoms with E-state index in [2.05, 4.69) is 27.7 Å². The lowest BCUT2D eigenvalue weighted by Crippen LogP contribution is -2.30. The molecular weight excluding hydrogens is 306 g/mol. The monoisotopic (exact) mass is 325 g/mol. The molecule has 0 spiro atoms. The van der Waals surface area contributed by atoms with Gasteiger partial charge in [0.05, 0.1) is 19.3 Å². The number of aryl methyl sites for hydroxylation is 1. The summed E-state index contributed by atoms with van der Waals surface area (Å²) in [6, 6.07) is 11.5. The van der Waals surface area contributed by atoms with E-state index in [0.717, 1.165) is 5.56 Å². The molecule has 7 heteroatoms. The van der Waals surface area contributed by atoms with E-state index in [9.17, 15) is 4.79 Å². The highest BCUT2D eigenvalue weighted by Crippen LogP contribution is 2.10. The molecule has 0 atom stereocenters. The van der Waals surface area contributed by atoms with Gasteiger partial charge in [0.1, 0.15) is 5.76 Å². The minimum Gasteiger partial charge on any atom is -0.360 e. The van der Waals surface area contributed by atoms with Gasteiger partial charge in [-0.3, -0.25) is 10.00 Å². The zero-order valence-corrected chi connectivity index (χ0v) is 13.6. The van der Waals surface area contributed by atoms with Gasteiger partial charge in [0.25, 0.3) is 0 Å². The Morgan fingerprint density at radius 2 is 2.08 bits per heavy atom. The predicted molar refractivity (Wildman–Crippen MR) is 89.5 cm³/mol. The van der Waals surface area contributed by atoms with Crippen molar-refractivity contribution in [2.45, 2.75) is 20.0 Å². The van der Waals surface area contributed by atoms with E-state index in [-0.39, 0.29) is 6.03 Å². The SMILES string of the molecule is Cc1cc(NC(=O)N(C)Cc2cnn(Cc3ccccc3)c2)no1. The molecule has 24 heavy (non-hydrogen) atoms. The van der Waals surface area contributed by atoms with E-state index in [1.54, 1.807) is 31.1 Å². The van der Waals surface area contributed by atoms with Crippen LogP contribution in [-0.2, 0) is 13.1 Å². The van der Waals surface area contributed by atoms with Crippen molar-refractivity contribution in [3.8, 4) is 0 Å². The highest BCUT2D eigenvalue weighted by Gasteiger charge is 2.12. The van der Waals surface area contributed by atoms with Crippen LogP contribution in [0, 0.1) is 6.92 Å². The Hall–Kier alpha value is -3.09. The third kappa shape index (κ3) is 4.01. The first kappa shape index (κ1) is 15.8. The number of anilines is 1. The molecule has 124 valence electrons. The normalized spacial score (nSPS) is 10.6. The fraction of sp³-hybridized carbons (Fsp3) is 0.235. The number of carbonyl (C=O) groups is 1. The Kier molecular flexibility index (Phi) is 4.60. The highest BCUT2D eigenvalue weighted by atomic mass is 16.5. The predicted octanol–water partition coefficient (Wildman–Crippen LogP) is 2.89. The van der Waals surface area contributed by atoms with Crippen molar-refractivity contribution in [3.05, 3.63) is 65.7 Å². The minimum absolute atomic E-state index is 0.251. The first-order valence-corrected chi connectivity index (χ1v) is 7.61. The van der Waals surface area contributed by atoms with Crippen molar-refractivity contribution in [2.75, 3.05) is 12.4 Å². The van der Waals surface area contributed by atoms with Gasteiger partial charge in [-0.1, -0.05) is 35.5 Å². The Morgan fingerprint density at radius 1 is 1.29 bits per heavy atom. The Balaban J connectivity index is 1.56. The smallest absolute Gasteiger partial charge is 0.323 e. The molecule has 0 radical (unpaired) electrons. The second kappa shape index (κ2) is 6.99. The van der Waals surface area contributed by atoms with Gasteiger partial charge < -0.3 is 9.42 Å². The maximum atomic E-state index is 12.1. The van der Waals surface area contributed by atoms with E-state index >= 15 is 0 Å². The molecular formula is C17H19N5O2. The number of benzene rings is 1. The average molecular weight is 325 g/mol. The average Bonchev–Trinajstić information content (AvgIpc) is 3.17. The van der Waals surface area contributed by atoms with E-state index < -0.39 is 0 Å². The fourth-order valence-corrected chi connectivity index (χ4v) is 2.32. The number of nitrogens with one attached hydrogen (secondary N) is 1. The van der Waals surface area contributed by atoms with Crippen LogP contribution in [0.25, 0.3) is 0 Å². The van der Waals surface area contributed by atoms with Crippen molar-refractivity contribution >= 4 is 11.8 Å². The van der Waals surface area contributed by atoms with Crippen molar-refractivity contribution < 1.29 is 9.32 Å². The lowest BCUT2D eigenvalue weighted by atomic mass is 10.2. The largest absolute Gasteiger partial charge is 0.360 e. The number of urea groups is 1. The van der Waals surface area contributed by atoms with E-state index in [0.29, 0.717) is 24.7 Å². The van der Waals surface area contributed by atoms with E-state index in [4.69, 9.17) is 4.52 Å². The van der Waals surface area contributed by atoms with Crippen molar-refractivity contribution in [2.24, 2.45) is 0 Å². The number of aromatic nitrogens is 3. The van der Waals surface area contributed by atoms with Crippen LogP contribution in [0.4, 0.5) is 10.6 Å². The molecule has 0 unspecified atom stereocenters. The molecule has 0 aliphatic heterocycles. The number of carbonyl (C=O) groups excluding carboxylic acids is 1. The second-order valence-corrected chi connectivity index (χ2v) is 5.64. The third-order valence-corrected chi connectivity index (χ3v) is 3.50. The molecule has 0 aliphatic carbocycles.